The van der Waals surface area contributed by atoms with Gasteiger partial charge in [0.2, 0.25) is 23.6 Å². The van der Waals surface area contributed by atoms with Gasteiger partial charge in [-0.2, -0.15) is 10.2 Å². The van der Waals surface area contributed by atoms with Gasteiger partial charge in [0.05, 0.1) is 0 Å². The molecule has 0 fully saturated rings. The van der Waals surface area contributed by atoms with Crippen LogP contribution in [0.3, 0.4) is 0 Å². The van der Waals surface area contributed by atoms with Gasteiger partial charge in [-0.15, -0.1) is 0 Å². The fraction of sp³-hybridized carbons (Fsp3) is 0.303. The summed E-state index contributed by atoms with van der Waals surface area (Å²) in [5, 5.41) is 28.9. The van der Waals surface area contributed by atoms with Crippen LogP contribution >= 0.6 is 0 Å². The molecule has 2 aromatic carbocycles. The van der Waals surface area contributed by atoms with Gasteiger partial charge in [0.15, 0.2) is 23.4 Å². The fourth-order valence-electron chi connectivity index (χ4n) is 6.32. The highest BCUT2D eigenvalue weighted by Gasteiger charge is 2.61. The molecule has 2 aromatic heterocycles. The molecule has 0 unspecified atom stereocenters. The molecule has 3 aliphatic heterocycles. The van der Waals surface area contributed by atoms with Crippen molar-refractivity contribution in [3.63, 3.8) is 0 Å². The number of anilines is 1. The van der Waals surface area contributed by atoms with Crippen molar-refractivity contribution in [1.29, 1.82) is 5.26 Å². The van der Waals surface area contributed by atoms with E-state index in [1.54, 1.807) is 39.0 Å². The minimum Gasteiger partial charge on any atom is -0.469 e. The molecule has 0 saturated heterocycles. The number of hydrogen-bond donors (Lipinski definition) is 4. The first-order valence-electron chi connectivity index (χ1n) is 14.7. The lowest BCUT2D eigenvalue weighted by Gasteiger charge is -2.28. The third-order valence-electron chi connectivity index (χ3n) is 8.62. The summed E-state index contributed by atoms with van der Waals surface area (Å²) in [6.07, 6.45) is -0.925. The van der Waals surface area contributed by atoms with Crippen LogP contribution in [0.4, 0.5) is 10.1 Å². The third kappa shape index (κ3) is 4.36. The summed E-state index contributed by atoms with van der Waals surface area (Å²) >= 11 is 0. The molecule has 0 aliphatic carbocycles. The van der Waals surface area contributed by atoms with Crippen molar-refractivity contribution in [2.45, 2.75) is 57.0 Å². The SMILES string of the molecule is C=C(C)[C@@H]1NC(=O)[C@@H](NC(=O)[C@@H](O)C(C)C)Cc2ccc3c(c2)[C@@]2(c4cc(F)ccc4N[C@@H]2O3)c2oc1nc2-c1nc(C#N)co1. The third-order valence-corrected chi connectivity index (χ3v) is 8.62. The van der Waals surface area contributed by atoms with Gasteiger partial charge in [-0.25, -0.2) is 9.37 Å². The molecular weight excluding hydrogens is 595 g/mol. The molecule has 46 heavy (non-hydrogen) atoms. The number of aliphatic hydroxyl groups is 1. The first-order chi connectivity index (χ1) is 22.0. The van der Waals surface area contributed by atoms with Gasteiger partial charge < -0.3 is 34.6 Å². The van der Waals surface area contributed by atoms with E-state index in [-0.39, 0.29) is 41.3 Å². The maximum atomic E-state index is 15.0. The molecule has 4 aromatic rings. The standard InChI is InChI=1S/C33H29FN6O6/c1-14(2)24-31-40-25(30-36-18(12-35)13-44-30)27(46-31)33-19-11-17(34)6-7-21(19)38-32(33)45-23-8-5-16(9-20(23)33)10-22(28(42)39-24)37-29(43)26(41)15(3)4/h5-9,11,13,15,22,24,26,32,38,41H,1,10H2,2-4H3,(H,37,43)(H,39,42)/t22-,24-,26-,32+,33-/m0/s1. The Labute approximate surface area is 262 Å². The summed E-state index contributed by atoms with van der Waals surface area (Å²) in [6, 6.07) is 9.52. The maximum absolute atomic E-state index is 15.0. The predicted molar refractivity (Wildman–Crippen MR) is 160 cm³/mol. The zero-order valence-electron chi connectivity index (χ0n) is 25.1. The second-order valence-corrected chi connectivity index (χ2v) is 12.1. The molecule has 5 atom stereocenters. The van der Waals surface area contributed by atoms with Crippen LogP contribution in [0.1, 0.15) is 60.8 Å². The van der Waals surface area contributed by atoms with Crippen molar-refractivity contribution in [1.82, 2.24) is 20.6 Å². The summed E-state index contributed by atoms with van der Waals surface area (Å²) in [6.45, 7) is 9.11. The lowest BCUT2D eigenvalue weighted by atomic mass is 9.72. The van der Waals surface area contributed by atoms with Crippen molar-refractivity contribution in [3.8, 4) is 23.4 Å². The highest BCUT2D eigenvalue weighted by Crippen LogP contribution is 2.59. The van der Waals surface area contributed by atoms with Crippen LogP contribution in [0.2, 0.25) is 0 Å². The molecule has 234 valence electrons. The van der Waals surface area contributed by atoms with E-state index < -0.39 is 47.5 Å². The summed E-state index contributed by atoms with van der Waals surface area (Å²) in [4.78, 5) is 35.9. The highest BCUT2D eigenvalue weighted by atomic mass is 19.1. The van der Waals surface area contributed by atoms with E-state index in [2.05, 4.69) is 27.5 Å². The summed E-state index contributed by atoms with van der Waals surface area (Å²) < 4.78 is 33.8. The number of fused-ring (bicyclic) bond motifs is 4. The monoisotopic (exact) mass is 624 g/mol. The number of nitrogens with one attached hydrogen (secondary N) is 3. The zero-order valence-corrected chi connectivity index (χ0v) is 25.1. The molecule has 7 rings (SSSR count). The van der Waals surface area contributed by atoms with Crippen LogP contribution in [0, 0.1) is 23.1 Å². The van der Waals surface area contributed by atoms with Crippen molar-refractivity contribution >= 4 is 17.5 Å². The summed E-state index contributed by atoms with van der Waals surface area (Å²) in [7, 11) is 0. The molecule has 0 saturated carbocycles. The Hall–Kier alpha value is -5.48. The number of halogens is 1. The Balaban J connectivity index is 1.50. The van der Waals surface area contributed by atoms with Gasteiger partial charge in [-0.1, -0.05) is 32.6 Å². The van der Waals surface area contributed by atoms with Crippen LogP contribution < -0.4 is 20.7 Å². The van der Waals surface area contributed by atoms with Crippen molar-refractivity contribution in [2.24, 2.45) is 5.92 Å². The number of ether oxygens (including phenoxy) is 1. The Morgan fingerprint density at radius 1 is 1.22 bits per heavy atom. The van der Waals surface area contributed by atoms with Crippen LogP contribution in [0.25, 0.3) is 11.6 Å². The first-order valence-corrected chi connectivity index (χ1v) is 14.7. The van der Waals surface area contributed by atoms with Gasteiger partial charge in [-0.05, 0) is 48.2 Å². The largest absolute Gasteiger partial charge is 0.469 e. The van der Waals surface area contributed by atoms with Gasteiger partial charge in [0, 0.05) is 23.2 Å². The summed E-state index contributed by atoms with van der Waals surface area (Å²) in [5.41, 5.74) is 1.57. The van der Waals surface area contributed by atoms with Gasteiger partial charge >= 0.3 is 0 Å². The van der Waals surface area contributed by atoms with Crippen LogP contribution in [0.5, 0.6) is 5.75 Å². The van der Waals surface area contributed by atoms with Crippen molar-refractivity contribution < 1.29 is 32.7 Å². The zero-order chi connectivity index (χ0) is 32.5. The number of oxazole rings is 2. The number of aliphatic hydroxyl groups excluding tert-OH is 1. The van der Waals surface area contributed by atoms with Crippen molar-refractivity contribution in [3.05, 3.63) is 94.7 Å². The molecule has 2 amide bonds. The quantitative estimate of drug-likeness (QED) is 0.240. The van der Waals surface area contributed by atoms with Crippen LogP contribution in [0.15, 0.2) is 63.6 Å². The van der Waals surface area contributed by atoms with E-state index in [1.807, 2.05) is 12.1 Å². The Morgan fingerprint density at radius 3 is 2.74 bits per heavy atom. The Kier molecular flexibility index (Phi) is 6.71. The van der Waals surface area contributed by atoms with E-state index in [0.717, 1.165) is 0 Å². The summed E-state index contributed by atoms with van der Waals surface area (Å²) in [5.74, 6) is -1.50. The Morgan fingerprint density at radius 2 is 2.02 bits per heavy atom. The molecule has 4 N–H and O–H groups in total. The number of rotatable bonds is 5. The average Bonchev–Trinajstić information content (AvgIpc) is 3.79. The number of amides is 2. The first kappa shape index (κ1) is 29.2. The highest BCUT2D eigenvalue weighted by molar-refractivity contribution is 5.90. The van der Waals surface area contributed by atoms with Gasteiger partial charge in [0.1, 0.15) is 47.5 Å². The lowest BCUT2D eigenvalue weighted by Crippen LogP contribution is -2.52. The fourth-order valence-corrected chi connectivity index (χ4v) is 6.32. The average molecular weight is 625 g/mol. The number of benzene rings is 2. The smallest absolute Gasteiger partial charge is 0.250 e. The minimum atomic E-state index is -1.34. The topological polar surface area (TPSA) is 176 Å². The number of nitriles is 1. The molecule has 1 spiro atoms. The molecule has 3 aliphatic rings. The molecule has 4 bridgehead atoms. The van der Waals surface area contributed by atoms with E-state index in [1.165, 1.54) is 18.4 Å². The second kappa shape index (κ2) is 10.6. The number of carbonyl (C=O) groups is 2. The molecular formula is C33H29FN6O6. The number of carbonyl (C=O) groups excluding carboxylic acids is 2. The van der Waals surface area contributed by atoms with Gasteiger partial charge in [0.25, 0.3) is 0 Å². The Bertz CT molecular complexity index is 1980. The maximum Gasteiger partial charge on any atom is 0.250 e. The number of nitrogens with zero attached hydrogens (tertiary/aromatic N) is 3. The normalized spacial score (nSPS) is 23.1. The molecule has 5 heterocycles. The second-order valence-electron chi connectivity index (χ2n) is 12.1. The van der Waals surface area contributed by atoms with E-state index in [0.29, 0.717) is 33.7 Å². The van der Waals surface area contributed by atoms with E-state index >= 15 is 4.39 Å². The van der Waals surface area contributed by atoms with E-state index in [4.69, 9.17) is 18.6 Å². The number of aromatic nitrogens is 2. The molecule has 0 radical (unpaired) electrons. The van der Waals surface area contributed by atoms with Crippen LogP contribution in [-0.4, -0.2) is 45.3 Å². The van der Waals surface area contributed by atoms with Gasteiger partial charge in [-0.3, -0.25) is 9.59 Å². The molecule has 12 nitrogen and oxygen atoms in total. The molecule has 13 heteroatoms. The van der Waals surface area contributed by atoms with Crippen LogP contribution in [-0.2, 0) is 21.4 Å². The van der Waals surface area contributed by atoms with E-state index in [9.17, 15) is 20.0 Å². The minimum absolute atomic E-state index is 0.00531. The van der Waals surface area contributed by atoms with Crippen molar-refractivity contribution in [2.75, 3.05) is 5.32 Å². The lowest BCUT2D eigenvalue weighted by molar-refractivity contribution is -0.135. The predicted octanol–water partition coefficient (Wildman–Crippen LogP) is 3.61. The number of hydrogen-bond acceptors (Lipinski definition) is 10.